The predicted molar refractivity (Wildman–Crippen MR) is 68.4 cm³/mol. The summed E-state index contributed by atoms with van der Waals surface area (Å²) >= 11 is 11.3. The fourth-order valence-electron chi connectivity index (χ4n) is 1.71. The van der Waals surface area contributed by atoms with Gasteiger partial charge >= 0.3 is 0 Å². The summed E-state index contributed by atoms with van der Waals surface area (Å²) in [6.07, 6.45) is 0. The molecule has 1 aliphatic rings. The maximum atomic E-state index is 13.3. The minimum atomic E-state index is -0.829. The average Bonchev–Trinajstić information content (AvgIpc) is 2.43. The minimum absolute atomic E-state index is 0.230. The second-order valence-corrected chi connectivity index (χ2v) is 4.52. The Morgan fingerprint density at radius 2 is 1.63 bits per heavy atom. The Kier molecular flexibility index (Phi) is 3.16. The first-order chi connectivity index (χ1) is 9.15. The first-order valence-corrected chi connectivity index (χ1v) is 6.19. The SMILES string of the molecule is Fc1c(Cl)nc(-c2ccc3c(c2)OCCO3)nc1Cl. The molecule has 0 spiro atoms. The smallest absolute Gasteiger partial charge is 0.197 e. The third-order valence-electron chi connectivity index (χ3n) is 2.57. The zero-order chi connectivity index (χ0) is 13.4. The van der Waals surface area contributed by atoms with Gasteiger partial charge in [-0.1, -0.05) is 23.2 Å². The second-order valence-electron chi connectivity index (χ2n) is 3.80. The molecule has 2 aromatic rings. The molecule has 0 saturated carbocycles. The number of hydrogen-bond donors (Lipinski definition) is 0. The van der Waals surface area contributed by atoms with Crippen molar-refractivity contribution in [1.29, 1.82) is 0 Å². The van der Waals surface area contributed by atoms with Crippen LogP contribution in [-0.4, -0.2) is 23.2 Å². The van der Waals surface area contributed by atoms with Gasteiger partial charge in [0.05, 0.1) is 0 Å². The highest BCUT2D eigenvalue weighted by molar-refractivity contribution is 6.33. The molecule has 98 valence electrons. The lowest BCUT2D eigenvalue weighted by Crippen LogP contribution is -2.15. The van der Waals surface area contributed by atoms with Gasteiger partial charge in [0, 0.05) is 5.56 Å². The molecule has 19 heavy (non-hydrogen) atoms. The van der Waals surface area contributed by atoms with Crippen molar-refractivity contribution in [2.75, 3.05) is 13.2 Å². The molecule has 0 unspecified atom stereocenters. The van der Waals surface area contributed by atoms with Crippen molar-refractivity contribution in [3.05, 3.63) is 34.3 Å². The highest BCUT2D eigenvalue weighted by atomic mass is 35.5. The van der Waals surface area contributed by atoms with Crippen LogP contribution in [0.1, 0.15) is 0 Å². The molecular formula is C12H7Cl2FN2O2. The number of nitrogens with zero attached hydrogens (tertiary/aromatic N) is 2. The van der Waals surface area contributed by atoms with Gasteiger partial charge in [-0.3, -0.25) is 0 Å². The number of fused-ring (bicyclic) bond motifs is 1. The summed E-state index contributed by atoms with van der Waals surface area (Å²) in [6.45, 7) is 0.985. The zero-order valence-corrected chi connectivity index (χ0v) is 11.0. The Bertz CT molecular complexity index is 629. The number of hydrogen-bond acceptors (Lipinski definition) is 4. The van der Waals surface area contributed by atoms with Crippen LogP contribution in [-0.2, 0) is 0 Å². The molecule has 1 aromatic carbocycles. The monoisotopic (exact) mass is 300 g/mol. The van der Waals surface area contributed by atoms with Gasteiger partial charge in [0.2, 0.25) is 0 Å². The lowest BCUT2D eigenvalue weighted by molar-refractivity contribution is 0.171. The summed E-state index contributed by atoms with van der Waals surface area (Å²) in [6, 6.07) is 5.17. The molecule has 7 heteroatoms. The van der Waals surface area contributed by atoms with Crippen LogP contribution in [0, 0.1) is 5.82 Å². The first-order valence-electron chi connectivity index (χ1n) is 5.44. The van der Waals surface area contributed by atoms with Crippen LogP contribution < -0.4 is 9.47 Å². The van der Waals surface area contributed by atoms with E-state index < -0.39 is 5.82 Å². The van der Waals surface area contributed by atoms with Crippen molar-refractivity contribution in [3.8, 4) is 22.9 Å². The highest BCUT2D eigenvalue weighted by Gasteiger charge is 2.16. The molecule has 0 N–H and O–H groups in total. The van der Waals surface area contributed by atoms with E-state index in [2.05, 4.69) is 9.97 Å². The van der Waals surface area contributed by atoms with E-state index in [9.17, 15) is 4.39 Å². The summed E-state index contributed by atoms with van der Waals surface area (Å²) in [5, 5.41) is -0.630. The van der Waals surface area contributed by atoms with Crippen LogP contribution in [0.4, 0.5) is 4.39 Å². The van der Waals surface area contributed by atoms with Gasteiger partial charge in [-0.2, -0.15) is 0 Å². The Balaban J connectivity index is 2.07. The van der Waals surface area contributed by atoms with E-state index in [0.717, 1.165) is 0 Å². The minimum Gasteiger partial charge on any atom is -0.486 e. The van der Waals surface area contributed by atoms with Gasteiger partial charge < -0.3 is 9.47 Å². The topological polar surface area (TPSA) is 44.2 Å². The largest absolute Gasteiger partial charge is 0.486 e. The maximum Gasteiger partial charge on any atom is 0.197 e. The molecule has 0 fully saturated rings. The highest BCUT2D eigenvalue weighted by Crippen LogP contribution is 2.34. The van der Waals surface area contributed by atoms with E-state index in [1.165, 1.54) is 0 Å². The molecule has 0 aliphatic carbocycles. The lowest BCUT2D eigenvalue weighted by Gasteiger charge is -2.18. The lowest BCUT2D eigenvalue weighted by atomic mass is 10.2. The standard InChI is InChI=1S/C12H7Cl2FN2O2/c13-10-9(15)11(14)17-12(16-10)6-1-2-7-8(5-6)19-4-3-18-7/h1-2,5H,3-4H2. The van der Waals surface area contributed by atoms with Crippen LogP contribution >= 0.6 is 23.2 Å². The van der Waals surface area contributed by atoms with Crippen molar-refractivity contribution in [3.63, 3.8) is 0 Å². The third-order valence-corrected chi connectivity index (χ3v) is 3.07. The number of rotatable bonds is 1. The Hall–Kier alpha value is -1.59. The number of ether oxygens (including phenoxy) is 2. The fraction of sp³-hybridized carbons (Fsp3) is 0.167. The van der Waals surface area contributed by atoms with Crippen LogP contribution in [0.15, 0.2) is 18.2 Å². The van der Waals surface area contributed by atoms with Crippen molar-refractivity contribution in [1.82, 2.24) is 9.97 Å². The summed E-state index contributed by atoms with van der Waals surface area (Å²) < 4.78 is 24.1. The molecule has 3 rings (SSSR count). The Labute approximate surface area is 118 Å². The maximum absolute atomic E-state index is 13.3. The van der Waals surface area contributed by atoms with Gasteiger partial charge in [0.15, 0.2) is 33.4 Å². The summed E-state index contributed by atoms with van der Waals surface area (Å²) in [5.74, 6) is 0.635. The van der Waals surface area contributed by atoms with Crippen LogP contribution in [0.25, 0.3) is 11.4 Å². The summed E-state index contributed by atoms with van der Waals surface area (Å²) in [7, 11) is 0. The van der Waals surface area contributed by atoms with Crippen LogP contribution in [0.3, 0.4) is 0 Å². The second kappa shape index (κ2) is 4.83. The third kappa shape index (κ3) is 2.31. The molecule has 4 nitrogen and oxygen atoms in total. The zero-order valence-electron chi connectivity index (χ0n) is 9.49. The molecule has 2 heterocycles. The van der Waals surface area contributed by atoms with E-state index in [1.54, 1.807) is 18.2 Å². The number of halogens is 3. The molecule has 1 aliphatic heterocycles. The summed E-state index contributed by atoms with van der Waals surface area (Å²) in [4.78, 5) is 7.70. The molecule has 0 atom stereocenters. The van der Waals surface area contributed by atoms with Gasteiger partial charge in [-0.15, -0.1) is 0 Å². The Morgan fingerprint density at radius 3 is 2.32 bits per heavy atom. The van der Waals surface area contributed by atoms with Crippen molar-refractivity contribution < 1.29 is 13.9 Å². The van der Waals surface area contributed by atoms with Gasteiger partial charge in [-0.25, -0.2) is 14.4 Å². The predicted octanol–water partition coefficient (Wildman–Crippen LogP) is 3.36. The van der Waals surface area contributed by atoms with Crippen molar-refractivity contribution in [2.24, 2.45) is 0 Å². The molecule has 0 amide bonds. The van der Waals surface area contributed by atoms with Crippen LogP contribution in [0.2, 0.25) is 10.3 Å². The fourth-order valence-corrected chi connectivity index (χ4v) is 2.09. The van der Waals surface area contributed by atoms with Gasteiger partial charge in [0.1, 0.15) is 13.2 Å². The Morgan fingerprint density at radius 1 is 1.00 bits per heavy atom. The van der Waals surface area contributed by atoms with Gasteiger partial charge in [0.25, 0.3) is 0 Å². The van der Waals surface area contributed by atoms with E-state index in [-0.39, 0.29) is 16.1 Å². The quantitative estimate of drug-likeness (QED) is 0.758. The number of benzene rings is 1. The van der Waals surface area contributed by atoms with E-state index in [1.807, 2.05) is 0 Å². The molecule has 0 bridgehead atoms. The molecule has 0 radical (unpaired) electrons. The normalized spacial score (nSPS) is 13.4. The first kappa shape index (κ1) is 12.4. The number of aromatic nitrogens is 2. The van der Waals surface area contributed by atoms with E-state index >= 15 is 0 Å². The molecule has 1 aromatic heterocycles. The van der Waals surface area contributed by atoms with E-state index in [0.29, 0.717) is 30.3 Å². The average molecular weight is 301 g/mol. The summed E-state index contributed by atoms with van der Waals surface area (Å²) in [5.41, 5.74) is 0.619. The molecule has 0 saturated heterocycles. The van der Waals surface area contributed by atoms with Crippen LogP contribution in [0.5, 0.6) is 11.5 Å². The van der Waals surface area contributed by atoms with Crippen molar-refractivity contribution in [2.45, 2.75) is 0 Å². The molecular weight excluding hydrogens is 294 g/mol. The van der Waals surface area contributed by atoms with E-state index in [4.69, 9.17) is 32.7 Å². The van der Waals surface area contributed by atoms with Gasteiger partial charge in [-0.05, 0) is 18.2 Å². The van der Waals surface area contributed by atoms with Crippen molar-refractivity contribution >= 4 is 23.2 Å².